The van der Waals surface area contributed by atoms with Crippen molar-refractivity contribution in [2.24, 2.45) is 0 Å². The van der Waals surface area contributed by atoms with Gasteiger partial charge in [0.15, 0.2) is 0 Å². The second kappa shape index (κ2) is 12.1. The van der Waals surface area contributed by atoms with Gasteiger partial charge in [-0.3, -0.25) is 14.6 Å². The summed E-state index contributed by atoms with van der Waals surface area (Å²) in [6.07, 6.45) is 5.38. The molecule has 174 valence electrons. The molecule has 0 aliphatic heterocycles. The van der Waals surface area contributed by atoms with Crippen molar-refractivity contribution in [3.63, 3.8) is 0 Å². The van der Waals surface area contributed by atoms with Crippen molar-refractivity contribution in [3.8, 4) is 0 Å². The maximum atomic E-state index is 13.2. The normalized spacial score (nSPS) is 10.7. The molecule has 35 heavy (non-hydrogen) atoms. The van der Waals surface area contributed by atoms with E-state index in [9.17, 15) is 9.59 Å². The van der Waals surface area contributed by atoms with E-state index in [0.29, 0.717) is 13.1 Å². The first kappa shape index (κ1) is 23.6. The lowest BCUT2D eigenvalue weighted by Gasteiger charge is -2.22. The minimum Gasteiger partial charge on any atom is -0.350 e. The Hall–Kier alpha value is -4.51. The molecule has 5 heteroatoms. The third kappa shape index (κ3) is 7.24. The SMILES string of the molecule is O=C(Cc1ccc(N(Cc2ccccc2)C(=O)C=Cc2ccccc2)cc1)NCc1ccccn1. The molecule has 4 aromatic rings. The highest BCUT2D eigenvalue weighted by molar-refractivity contribution is 6.03. The molecule has 1 heterocycles. The number of carbonyl (C=O) groups excluding carboxylic acids is 2. The molecular formula is C30H27N3O2. The summed E-state index contributed by atoms with van der Waals surface area (Å²) in [7, 11) is 0. The van der Waals surface area contributed by atoms with Gasteiger partial charge in [0.25, 0.3) is 5.91 Å². The lowest BCUT2D eigenvalue weighted by molar-refractivity contribution is -0.120. The first-order chi connectivity index (χ1) is 17.2. The van der Waals surface area contributed by atoms with E-state index >= 15 is 0 Å². The average molecular weight is 462 g/mol. The summed E-state index contributed by atoms with van der Waals surface area (Å²) in [6.45, 7) is 0.841. The van der Waals surface area contributed by atoms with E-state index in [-0.39, 0.29) is 18.2 Å². The van der Waals surface area contributed by atoms with Gasteiger partial charge in [-0.05, 0) is 47.0 Å². The fraction of sp³-hybridized carbons (Fsp3) is 0.100. The lowest BCUT2D eigenvalue weighted by Crippen LogP contribution is -2.28. The van der Waals surface area contributed by atoms with Crippen LogP contribution in [0.1, 0.15) is 22.4 Å². The highest BCUT2D eigenvalue weighted by Gasteiger charge is 2.14. The maximum Gasteiger partial charge on any atom is 0.251 e. The van der Waals surface area contributed by atoms with Crippen molar-refractivity contribution in [2.75, 3.05) is 4.90 Å². The molecule has 0 aliphatic carbocycles. The summed E-state index contributed by atoms with van der Waals surface area (Å²) in [5, 5.41) is 2.89. The lowest BCUT2D eigenvalue weighted by atomic mass is 10.1. The molecule has 0 atom stereocenters. The number of hydrogen-bond donors (Lipinski definition) is 1. The molecule has 4 rings (SSSR count). The standard InChI is InChI=1S/C30H27N3O2/c34-29(32-22-27-13-7-8-20-31-27)21-25-14-17-28(18-15-25)33(23-26-11-5-2-6-12-26)30(35)19-16-24-9-3-1-4-10-24/h1-20H,21-23H2,(H,32,34). The molecule has 1 aromatic heterocycles. The highest BCUT2D eigenvalue weighted by Crippen LogP contribution is 2.20. The third-order valence-electron chi connectivity index (χ3n) is 5.47. The Balaban J connectivity index is 1.45. The van der Waals surface area contributed by atoms with Crippen LogP contribution in [0.15, 0.2) is 115 Å². The van der Waals surface area contributed by atoms with Crippen LogP contribution in [0.3, 0.4) is 0 Å². The molecule has 0 fully saturated rings. The Bertz CT molecular complexity index is 1260. The fourth-order valence-electron chi connectivity index (χ4n) is 3.62. The van der Waals surface area contributed by atoms with Gasteiger partial charge in [-0.2, -0.15) is 0 Å². The number of carbonyl (C=O) groups is 2. The molecule has 0 bridgehead atoms. The number of nitrogens with zero attached hydrogens (tertiary/aromatic N) is 2. The molecule has 0 spiro atoms. The zero-order valence-electron chi connectivity index (χ0n) is 19.4. The smallest absolute Gasteiger partial charge is 0.251 e. The van der Waals surface area contributed by atoms with Gasteiger partial charge in [0, 0.05) is 18.0 Å². The first-order valence-electron chi connectivity index (χ1n) is 11.5. The van der Waals surface area contributed by atoms with E-state index in [0.717, 1.165) is 28.1 Å². The van der Waals surface area contributed by atoms with E-state index in [1.165, 1.54) is 0 Å². The molecule has 2 amide bonds. The monoisotopic (exact) mass is 461 g/mol. The van der Waals surface area contributed by atoms with Crippen molar-refractivity contribution >= 4 is 23.6 Å². The fourth-order valence-corrected chi connectivity index (χ4v) is 3.62. The van der Waals surface area contributed by atoms with Crippen molar-refractivity contribution < 1.29 is 9.59 Å². The molecule has 0 unspecified atom stereocenters. The number of anilines is 1. The number of pyridine rings is 1. The summed E-state index contributed by atoms with van der Waals surface area (Å²) in [5.74, 6) is -0.190. The van der Waals surface area contributed by atoms with Crippen LogP contribution in [-0.2, 0) is 29.1 Å². The van der Waals surface area contributed by atoms with Crippen LogP contribution < -0.4 is 10.2 Å². The first-order valence-corrected chi connectivity index (χ1v) is 11.5. The largest absolute Gasteiger partial charge is 0.350 e. The Morgan fingerprint density at radius 3 is 2.14 bits per heavy atom. The molecule has 0 aliphatic rings. The average Bonchev–Trinajstić information content (AvgIpc) is 2.91. The van der Waals surface area contributed by atoms with Crippen LogP contribution >= 0.6 is 0 Å². The predicted octanol–water partition coefficient (Wildman–Crippen LogP) is 5.19. The van der Waals surface area contributed by atoms with Gasteiger partial charge in [0.1, 0.15) is 0 Å². The quantitative estimate of drug-likeness (QED) is 0.349. The van der Waals surface area contributed by atoms with Crippen molar-refractivity contribution in [2.45, 2.75) is 19.5 Å². The van der Waals surface area contributed by atoms with Gasteiger partial charge in [-0.15, -0.1) is 0 Å². The van der Waals surface area contributed by atoms with Gasteiger partial charge < -0.3 is 10.2 Å². The van der Waals surface area contributed by atoms with Crippen molar-refractivity contribution in [1.29, 1.82) is 0 Å². The number of benzene rings is 3. The summed E-state index contributed by atoms with van der Waals surface area (Å²) < 4.78 is 0. The Morgan fingerprint density at radius 2 is 1.46 bits per heavy atom. The second-order valence-corrected chi connectivity index (χ2v) is 8.10. The van der Waals surface area contributed by atoms with Gasteiger partial charge in [0.05, 0.1) is 25.2 Å². The number of rotatable bonds is 9. The maximum absolute atomic E-state index is 13.2. The number of amides is 2. The van der Waals surface area contributed by atoms with Gasteiger partial charge in [-0.25, -0.2) is 0 Å². The molecule has 1 N–H and O–H groups in total. The van der Waals surface area contributed by atoms with E-state index in [1.807, 2.05) is 109 Å². The predicted molar refractivity (Wildman–Crippen MR) is 139 cm³/mol. The van der Waals surface area contributed by atoms with Crippen LogP contribution in [0.5, 0.6) is 0 Å². The number of aromatic nitrogens is 1. The summed E-state index contributed by atoms with van der Waals surface area (Å²) in [4.78, 5) is 31.5. The Labute approximate surface area is 205 Å². The van der Waals surface area contributed by atoms with E-state index in [1.54, 1.807) is 17.2 Å². The molecule has 0 saturated carbocycles. The van der Waals surface area contributed by atoms with Gasteiger partial charge in [0.2, 0.25) is 5.91 Å². The van der Waals surface area contributed by atoms with E-state index in [4.69, 9.17) is 0 Å². The van der Waals surface area contributed by atoms with Crippen LogP contribution in [0.25, 0.3) is 6.08 Å². The molecule has 5 nitrogen and oxygen atoms in total. The van der Waals surface area contributed by atoms with Crippen LogP contribution in [0.2, 0.25) is 0 Å². The summed E-state index contributed by atoms with van der Waals surface area (Å²) >= 11 is 0. The highest BCUT2D eigenvalue weighted by atomic mass is 16.2. The van der Waals surface area contributed by atoms with Crippen LogP contribution in [0.4, 0.5) is 5.69 Å². The molecular weight excluding hydrogens is 434 g/mol. The third-order valence-corrected chi connectivity index (χ3v) is 5.47. The summed E-state index contributed by atoms with van der Waals surface area (Å²) in [5.41, 5.74) is 4.46. The Morgan fingerprint density at radius 1 is 0.771 bits per heavy atom. The Kier molecular flexibility index (Phi) is 8.17. The van der Waals surface area contributed by atoms with Crippen LogP contribution in [0, 0.1) is 0 Å². The minimum atomic E-state index is -0.112. The molecule has 0 radical (unpaired) electrons. The summed E-state index contributed by atoms with van der Waals surface area (Å²) in [6, 6.07) is 32.8. The van der Waals surface area contributed by atoms with E-state index < -0.39 is 0 Å². The minimum absolute atomic E-state index is 0.0774. The van der Waals surface area contributed by atoms with Crippen LogP contribution in [-0.4, -0.2) is 16.8 Å². The zero-order valence-corrected chi connectivity index (χ0v) is 19.4. The van der Waals surface area contributed by atoms with Crippen molar-refractivity contribution in [1.82, 2.24) is 10.3 Å². The molecule has 0 saturated heterocycles. The second-order valence-electron chi connectivity index (χ2n) is 8.10. The van der Waals surface area contributed by atoms with Gasteiger partial charge >= 0.3 is 0 Å². The number of hydrogen-bond acceptors (Lipinski definition) is 3. The number of nitrogens with one attached hydrogen (secondary N) is 1. The molecule has 3 aromatic carbocycles. The van der Waals surface area contributed by atoms with Crippen molar-refractivity contribution in [3.05, 3.63) is 138 Å². The topological polar surface area (TPSA) is 62.3 Å². The van der Waals surface area contributed by atoms with E-state index in [2.05, 4.69) is 10.3 Å². The zero-order chi connectivity index (χ0) is 24.3. The van der Waals surface area contributed by atoms with Gasteiger partial charge in [-0.1, -0.05) is 78.9 Å².